The molecule has 21 heavy (non-hydrogen) atoms. The van der Waals surface area contributed by atoms with E-state index in [0.29, 0.717) is 29.4 Å². The first-order valence-corrected chi connectivity index (χ1v) is 6.35. The molecule has 0 atom stereocenters. The lowest BCUT2D eigenvalue weighted by Gasteiger charge is -2.12. The van der Waals surface area contributed by atoms with Crippen LogP contribution in [-0.2, 0) is 13.6 Å². The highest BCUT2D eigenvalue weighted by Crippen LogP contribution is 2.31. The van der Waals surface area contributed by atoms with Crippen molar-refractivity contribution in [2.75, 3.05) is 19.5 Å². The fourth-order valence-electron chi connectivity index (χ4n) is 2.03. The third-order valence-electron chi connectivity index (χ3n) is 3.00. The number of nitrogens with one attached hydrogen (secondary N) is 1. The van der Waals surface area contributed by atoms with Crippen LogP contribution >= 0.6 is 0 Å². The molecule has 3 N–H and O–H groups in total. The number of aromatic nitrogens is 2. The van der Waals surface area contributed by atoms with Gasteiger partial charge in [-0.2, -0.15) is 5.10 Å². The highest BCUT2D eigenvalue weighted by atomic mass is 16.5. The molecule has 1 heterocycles. The molecule has 2 rings (SSSR count). The Morgan fingerprint density at radius 1 is 1.38 bits per heavy atom. The van der Waals surface area contributed by atoms with Crippen molar-refractivity contribution in [2.45, 2.75) is 6.54 Å². The van der Waals surface area contributed by atoms with E-state index < -0.39 is 0 Å². The van der Waals surface area contributed by atoms with E-state index in [9.17, 15) is 4.79 Å². The monoisotopic (exact) mass is 290 g/mol. The van der Waals surface area contributed by atoms with E-state index in [2.05, 4.69) is 10.4 Å². The van der Waals surface area contributed by atoms with Gasteiger partial charge in [-0.1, -0.05) is 6.07 Å². The first kappa shape index (κ1) is 14.9. The number of nitrogens with two attached hydrogens (primary N) is 1. The number of rotatable bonds is 5. The summed E-state index contributed by atoms with van der Waals surface area (Å²) in [6, 6.07) is 5.10. The minimum Gasteiger partial charge on any atom is -0.493 e. The van der Waals surface area contributed by atoms with Gasteiger partial charge in [-0.25, -0.2) is 0 Å². The van der Waals surface area contributed by atoms with Crippen LogP contribution in [-0.4, -0.2) is 29.9 Å². The molecule has 1 aromatic carbocycles. The van der Waals surface area contributed by atoms with Crippen molar-refractivity contribution in [3.8, 4) is 11.5 Å². The maximum Gasteiger partial charge on any atom is 0.260 e. The van der Waals surface area contributed by atoms with Gasteiger partial charge < -0.3 is 20.5 Å². The molecule has 0 spiro atoms. The van der Waals surface area contributed by atoms with Crippen molar-refractivity contribution in [3.05, 3.63) is 35.5 Å². The van der Waals surface area contributed by atoms with E-state index in [1.807, 2.05) is 0 Å². The number of methoxy groups -OCH3 is 2. The number of nitrogens with zero attached hydrogens (tertiary/aromatic N) is 2. The SMILES string of the molecule is COc1cccc(C(=O)Nc2nn(C)cc2CN)c1OC. The van der Waals surface area contributed by atoms with Gasteiger partial charge in [0.15, 0.2) is 17.3 Å². The molecule has 0 bridgehead atoms. The predicted molar refractivity (Wildman–Crippen MR) is 78.6 cm³/mol. The van der Waals surface area contributed by atoms with Crippen LogP contribution in [0.4, 0.5) is 5.82 Å². The maximum absolute atomic E-state index is 12.4. The second-order valence-corrected chi connectivity index (χ2v) is 4.38. The molecule has 0 radical (unpaired) electrons. The number of hydrogen-bond donors (Lipinski definition) is 2. The Kier molecular flexibility index (Phi) is 4.44. The largest absolute Gasteiger partial charge is 0.493 e. The molecular weight excluding hydrogens is 272 g/mol. The number of amides is 1. The zero-order valence-corrected chi connectivity index (χ0v) is 12.2. The summed E-state index contributed by atoms with van der Waals surface area (Å²) in [6.07, 6.45) is 1.76. The van der Waals surface area contributed by atoms with E-state index in [1.165, 1.54) is 14.2 Å². The lowest BCUT2D eigenvalue weighted by Crippen LogP contribution is -2.15. The van der Waals surface area contributed by atoms with Crippen LogP contribution in [0.3, 0.4) is 0 Å². The van der Waals surface area contributed by atoms with Crippen LogP contribution in [0.15, 0.2) is 24.4 Å². The van der Waals surface area contributed by atoms with Crippen LogP contribution in [0.1, 0.15) is 15.9 Å². The van der Waals surface area contributed by atoms with Crippen LogP contribution in [0.2, 0.25) is 0 Å². The van der Waals surface area contributed by atoms with E-state index in [-0.39, 0.29) is 5.91 Å². The Balaban J connectivity index is 2.32. The van der Waals surface area contributed by atoms with Gasteiger partial charge in [0.25, 0.3) is 5.91 Å². The van der Waals surface area contributed by atoms with Crippen molar-refractivity contribution in [2.24, 2.45) is 12.8 Å². The molecule has 1 aromatic heterocycles. The minimum absolute atomic E-state index is 0.290. The van der Waals surface area contributed by atoms with Crippen molar-refractivity contribution >= 4 is 11.7 Å². The van der Waals surface area contributed by atoms with Crippen molar-refractivity contribution in [1.82, 2.24) is 9.78 Å². The number of ether oxygens (including phenoxy) is 2. The lowest BCUT2D eigenvalue weighted by molar-refractivity contribution is 0.102. The highest BCUT2D eigenvalue weighted by molar-refractivity contribution is 6.06. The van der Waals surface area contributed by atoms with Gasteiger partial charge in [-0.3, -0.25) is 9.48 Å². The van der Waals surface area contributed by atoms with E-state index in [4.69, 9.17) is 15.2 Å². The summed E-state index contributed by atoms with van der Waals surface area (Å²) in [5.41, 5.74) is 6.75. The molecule has 2 aromatic rings. The summed E-state index contributed by atoms with van der Waals surface area (Å²) in [5.74, 6) is 0.974. The van der Waals surface area contributed by atoms with Gasteiger partial charge in [0.2, 0.25) is 0 Å². The molecule has 112 valence electrons. The molecule has 0 saturated carbocycles. The van der Waals surface area contributed by atoms with Gasteiger partial charge in [0.1, 0.15) is 0 Å². The minimum atomic E-state index is -0.334. The Bertz CT molecular complexity index is 652. The quantitative estimate of drug-likeness (QED) is 0.862. The van der Waals surface area contributed by atoms with Gasteiger partial charge in [-0.05, 0) is 12.1 Å². The first-order valence-electron chi connectivity index (χ1n) is 6.35. The molecule has 7 heteroatoms. The van der Waals surface area contributed by atoms with Crippen LogP contribution in [0.5, 0.6) is 11.5 Å². The van der Waals surface area contributed by atoms with Crippen molar-refractivity contribution in [3.63, 3.8) is 0 Å². The normalized spacial score (nSPS) is 10.3. The highest BCUT2D eigenvalue weighted by Gasteiger charge is 2.18. The molecule has 0 fully saturated rings. The van der Waals surface area contributed by atoms with E-state index in [1.54, 1.807) is 36.1 Å². The molecule has 0 unspecified atom stereocenters. The second-order valence-electron chi connectivity index (χ2n) is 4.38. The number of carbonyl (C=O) groups is 1. The molecule has 0 aliphatic carbocycles. The first-order chi connectivity index (χ1) is 10.1. The molecule has 0 saturated heterocycles. The maximum atomic E-state index is 12.4. The topological polar surface area (TPSA) is 91.4 Å². The summed E-state index contributed by atoms with van der Waals surface area (Å²) in [5, 5.41) is 6.92. The van der Waals surface area contributed by atoms with Crippen molar-refractivity contribution in [1.29, 1.82) is 0 Å². The lowest BCUT2D eigenvalue weighted by atomic mass is 10.1. The smallest absolute Gasteiger partial charge is 0.260 e. The van der Waals surface area contributed by atoms with Crippen molar-refractivity contribution < 1.29 is 14.3 Å². The number of aryl methyl sites for hydroxylation is 1. The van der Waals surface area contributed by atoms with Gasteiger partial charge in [-0.15, -0.1) is 0 Å². The average molecular weight is 290 g/mol. The van der Waals surface area contributed by atoms with Gasteiger partial charge in [0.05, 0.1) is 19.8 Å². The summed E-state index contributed by atoms with van der Waals surface area (Å²) in [4.78, 5) is 12.4. The average Bonchev–Trinajstić information content (AvgIpc) is 2.85. The zero-order chi connectivity index (χ0) is 15.4. The number of hydrogen-bond acceptors (Lipinski definition) is 5. The third-order valence-corrected chi connectivity index (χ3v) is 3.00. The van der Waals surface area contributed by atoms with Crippen LogP contribution < -0.4 is 20.5 Å². The summed E-state index contributed by atoms with van der Waals surface area (Å²) in [7, 11) is 4.77. The molecule has 0 aliphatic rings. The van der Waals surface area contributed by atoms with Crippen LogP contribution in [0, 0.1) is 0 Å². The molecule has 1 amide bonds. The molecule has 7 nitrogen and oxygen atoms in total. The summed E-state index contributed by atoms with van der Waals surface area (Å²) >= 11 is 0. The Morgan fingerprint density at radius 3 is 2.76 bits per heavy atom. The fourth-order valence-corrected chi connectivity index (χ4v) is 2.03. The number of para-hydroxylation sites is 1. The Labute approximate surface area is 122 Å². The van der Waals surface area contributed by atoms with E-state index >= 15 is 0 Å². The number of carbonyl (C=O) groups excluding carboxylic acids is 1. The number of benzene rings is 1. The van der Waals surface area contributed by atoms with Crippen LogP contribution in [0.25, 0.3) is 0 Å². The summed E-state index contributed by atoms with van der Waals surface area (Å²) in [6.45, 7) is 0.290. The van der Waals surface area contributed by atoms with Gasteiger partial charge >= 0.3 is 0 Å². The fraction of sp³-hybridized carbons (Fsp3) is 0.286. The standard InChI is InChI=1S/C14H18N4O3/c1-18-8-9(7-15)13(17-18)16-14(19)10-5-4-6-11(20-2)12(10)21-3/h4-6,8H,7,15H2,1-3H3,(H,16,17,19). The molecule has 0 aliphatic heterocycles. The number of anilines is 1. The Morgan fingerprint density at radius 2 is 2.14 bits per heavy atom. The van der Waals surface area contributed by atoms with Gasteiger partial charge in [0, 0.05) is 25.4 Å². The Hall–Kier alpha value is -2.54. The molecular formula is C14H18N4O3. The summed E-state index contributed by atoms with van der Waals surface area (Å²) < 4.78 is 12.0. The predicted octanol–water partition coefficient (Wildman–Crippen LogP) is 1.15. The zero-order valence-electron chi connectivity index (χ0n) is 12.2. The van der Waals surface area contributed by atoms with E-state index in [0.717, 1.165) is 5.56 Å². The third kappa shape index (κ3) is 2.97. The second kappa shape index (κ2) is 6.27.